The molecule has 114 valence electrons. The van der Waals surface area contributed by atoms with Gasteiger partial charge in [-0.15, -0.1) is 0 Å². The van der Waals surface area contributed by atoms with Crippen molar-refractivity contribution >= 4 is 17.9 Å². The summed E-state index contributed by atoms with van der Waals surface area (Å²) in [7, 11) is 0. The number of hydrogen-bond acceptors (Lipinski definition) is 3. The van der Waals surface area contributed by atoms with Crippen molar-refractivity contribution in [1.82, 2.24) is 16.0 Å². The standard InChI is InChI=1S/C13H23N3O4/c1-3-7-14-10(17)6-8-15-12(20)16-13(2,11(18)19)9-4-5-9/h9H,3-8H2,1-2H3,(H,14,17)(H,18,19)(H2,15,16,20). The zero-order chi connectivity index (χ0) is 15.2. The van der Waals surface area contributed by atoms with Crippen LogP contribution in [0.2, 0.25) is 0 Å². The maximum Gasteiger partial charge on any atom is 0.329 e. The lowest BCUT2D eigenvalue weighted by Gasteiger charge is -2.26. The van der Waals surface area contributed by atoms with Gasteiger partial charge in [0.15, 0.2) is 0 Å². The van der Waals surface area contributed by atoms with Gasteiger partial charge in [0.1, 0.15) is 5.54 Å². The molecule has 1 atom stereocenters. The number of rotatable bonds is 8. The van der Waals surface area contributed by atoms with Crippen molar-refractivity contribution in [2.45, 2.75) is 45.1 Å². The molecule has 0 aliphatic heterocycles. The Labute approximate surface area is 118 Å². The summed E-state index contributed by atoms with van der Waals surface area (Å²) in [6.07, 6.45) is 2.66. The summed E-state index contributed by atoms with van der Waals surface area (Å²) in [4.78, 5) is 34.2. The zero-order valence-electron chi connectivity index (χ0n) is 12.0. The van der Waals surface area contributed by atoms with Crippen LogP contribution >= 0.6 is 0 Å². The number of carboxylic acid groups (broad SMARTS) is 1. The van der Waals surface area contributed by atoms with Gasteiger partial charge in [-0.05, 0) is 32.1 Å². The van der Waals surface area contributed by atoms with Gasteiger partial charge >= 0.3 is 12.0 Å². The molecule has 0 bridgehead atoms. The molecule has 0 heterocycles. The second-order valence-corrected chi connectivity index (χ2v) is 5.26. The van der Waals surface area contributed by atoms with Gasteiger partial charge < -0.3 is 21.1 Å². The van der Waals surface area contributed by atoms with Crippen LogP contribution in [-0.2, 0) is 9.59 Å². The first-order chi connectivity index (χ1) is 9.40. The van der Waals surface area contributed by atoms with E-state index in [0.717, 1.165) is 19.3 Å². The van der Waals surface area contributed by atoms with Gasteiger partial charge in [0.05, 0.1) is 0 Å². The van der Waals surface area contributed by atoms with Crippen LogP contribution in [0.4, 0.5) is 4.79 Å². The second-order valence-electron chi connectivity index (χ2n) is 5.26. The minimum Gasteiger partial charge on any atom is -0.480 e. The van der Waals surface area contributed by atoms with Crippen LogP contribution in [0, 0.1) is 5.92 Å². The van der Waals surface area contributed by atoms with E-state index in [1.807, 2.05) is 6.92 Å². The molecule has 1 unspecified atom stereocenters. The monoisotopic (exact) mass is 285 g/mol. The number of urea groups is 1. The molecule has 0 aromatic carbocycles. The largest absolute Gasteiger partial charge is 0.480 e. The topological polar surface area (TPSA) is 108 Å². The van der Waals surface area contributed by atoms with E-state index >= 15 is 0 Å². The van der Waals surface area contributed by atoms with E-state index in [-0.39, 0.29) is 24.8 Å². The predicted molar refractivity (Wildman–Crippen MR) is 73.2 cm³/mol. The predicted octanol–water partition coefficient (Wildman–Crippen LogP) is 0.455. The Morgan fingerprint density at radius 3 is 2.35 bits per heavy atom. The van der Waals surface area contributed by atoms with Crippen molar-refractivity contribution in [3.8, 4) is 0 Å². The molecule has 1 saturated carbocycles. The van der Waals surface area contributed by atoms with E-state index in [1.165, 1.54) is 6.92 Å². The molecule has 7 nitrogen and oxygen atoms in total. The summed E-state index contributed by atoms with van der Waals surface area (Å²) < 4.78 is 0. The number of carbonyl (C=O) groups is 3. The Morgan fingerprint density at radius 1 is 1.20 bits per heavy atom. The van der Waals surface area contributed by atoms with Gasteiger partial charge in [0.2, 0.25) is 5.91 Å². The Hall–Kier alpha value is -1.79. The van der Waals surface area contributed by atoms with Crippen molar-refractivity contribution in [3.05, 3.63) is 0 Å². The second kappa shape index (κ2) is 7.12. The lowest BCUT2D eigenvalue weighted by atomic mass is 9.96. The quantitative estimate of drug-likeness (QED) is 0.519. The molecule has 1 fully saturated rings. The summed E-state index contributed by atoms with van der Waals surface area (Å²) in [5, 5.41) is 16.9. The Balaban J connectivity index is 2.29. The summed E-state index contributed by atoms with van der Waals surface area (Å²) in [6.45, 7) is 4.27. The fourth-order valence-electron chi connectivity index (χ4n) is 1.91. The van der Waals surface area contributed by atoms with Crippen LogP contribution in [-0.4, -0.2) is 41.6 Å². The van der Waals surface area contributed by atoms with Crippen LogP contribution in [0.15, 0.2) is 0 Å². The summed E-state index contributed by atoms with van der Waals surface area (Å²) in [5.74, 6) is -1.18. The number of carbonyl (C=O) groups excluding carboxylic acids is 2. The van der Waals surface area contributed by atoms with Gasteiger partial charge in [0.25, 0.3) is 0 Å². The fourth-order valence-corrected chi connectivity index (χ4v) is 1.91. The average Bonchev–Trinajstić information content (AvgIpc) is 3.20. The van der Waals surface area contributed by atoms with Gasteiger partial charge in [-0.25, -0.2) is 9.59 Å². The molecular weight excluding hydrogens is 262 g/mol. The van der Waals surface area contributed by atoms with Gasteiger partial charge in [0, 0.05) is 19.5 Å². The zero-order valence-corrected chi connectivity index (χ0v) is 12.0. The Morgan fingerprint density at radius 2 is 1.85 bits per heavy atom. The van der Waals surface area contributed by atoms with Crippen molar-refractivity contribution in [2.24, 2.45) is 5.92 Å². The highest BCUT2D eigenvalue weighted by Crippen LogP contribution is 2.39. The first kappa shape index (κ1) is 16.3. The molecular formula is C13H23N3O4. The molecule has 0 aromatic rings. The van der Waals surface area contributed by atoms with E-state index < -0.39 is 17.5 Å². The summed E-state index contributed by atoms with van der Waals surface area (Å²) in [5.41, 5.74) is -1.23. The van der Waals surface area contributed by atoms with Crippen LogP contribution in [0.5, 0.6) is 0 Å². The highest BCUT2D eigenvalue weighted by atomic mass is 16.4. The third-order valence-corrected chi connectivity index (χ3v) is 3.42. The molecule has 3 amide bonds. The van der Waals surface area contributed by atoms with Gasteiger partial charge in [-0.2, -0.15) is 0 Å². The maximum atomic E-state index is 11.7. The highest BCUT2D eigenvalue weighted by Gasteiger charge is 2.48. The number of amides is 3. The maximum absolute atomic E-state index is 11.7. The van der Waals surface area contributed by atoms with Crippen LogP contribution in [0.3, 0.4) is 0 Å². The molecule has 0 radical (unpaired) electrons. The lowest BCUT2D eigenvalue weighted by Crippen LogP contribution is -2.56. The van der Waals surface area contributed by atoms with E-state index in [2.05, 4.69) is 16.0 Å². The molecule has 7 heteroatoms. The van der Waals surface area contributed by atoms with Crippen LogP contribution in [0.25, 0.3) is 0 Å². The molecule has 1 aliphatic carbocycles. The van der Waals surface area contributed by atoms with Crippen molar-refractivity contribution < 1.29 is 19.5 Å². The number of hydrogen-bond donors (Lipinski definition) is 4. The van der Waals surface area contributed by atoms with Crippen molar-refractivity contribution in [2.75, 3.05) is 13.1 Å². The number of carboxylic acids is 1. The smallest absolute Gasteiger partial charge is 0.329 e. The van der Waals surface area contributed by atoms with Crippen LogP contribution < -0.4 is 16.0 Å². The average molecular weight is 285 g/mol. The number of aliphatic carboxylic acids is 1. The van der Waals surface area contributed by atoms with E-state index in [9.17, 15) is 19.5 Å². The van der Waals surface area contributed by atoms with Crippen molar-refractivity contribution in [3.63, 3.8) is 0 Å². The van der Waals surface area contributed by atoms with Crippen molar-refractivity contribution in [1.29, 1.82) is 0 Å². The highest BCUT2D eigenvalue weighted by molar-refractivity contribution is 5.86. The van der Waals surface area contributed by atoms with Crippen LogP contribution in [0.1, 0.15) is 39.5 Å². The molecule has 1 aliphatic rings. The summed E-state index contributed by atoms with van der Waals surface area (Å²) in [6, 6.07) is -0.551. The Bertz CT molecular complexity index is 382. The Kier molecular flexibility index (Phi) is 5.79. The number of nitrogens with one attached hydrogen (secondary N) is 3. The molecule has 0 aromatic heterocycles. The normalized spacial score (nSPS) is 16.9. The van der Waals surface area contributed by atoms with E-state index in [1.54, 1.807) is 0 Å². The third-order valence-electron chi connectivity index (χ3n) is 3.42. The molecule has 1 rings (SSSR count). The minimum absolute atomic E-state index is 0.0152. The van der Waals surface area contributed by atoms with Gasteiger partial charge in [-0.3, -0.25) is 4.79 Å². The minimum atomic E-state index is -1.23. The van der Waals surface area contributed by atoms with E-state index in [4.69, 9.17) is 0 Å². The third kappa shape index (κ3) is 4.71. The fraction of sp³-hybridized carbons (Fsp3) is 0.769. The SMILES string of the molecule is CCCNC(=O)CCNC(=O)NC(C)(C(=O)O)C1CC1. The van der Waals surface area contributed by atoms with E-state index in [0.29, 0.717) is 6.54 Å². The summed E-state index contributed by atoms with van der Waals surface area (Å²) >= 11 is 0. The molecule has 20 heavy (non-hydrogen) atoms. The first-order valence-electron chi connectivity index (χ1n) is 6.96. The molecule has 4 N–H and O–H groups in total. The first-order valence-corrected chi connectivity index (χ1v) is 6.96. The van der Waals surface area contributed by atoms with Gasteiger partial charge in [-0.1, -0.05) is 6.92 Å². The lowest BCUT2D eigenvalue weighted by molar-refractivity contribution is -0.144. The molecule has 0 saturated heterocycles. The molecule has 0 spiro atoms.